The van der Waals surface area contributed by atoms with Crippen LogP contribution in [0, 0.1) is 5.92 Å². The molecule has 0 radical (unpaired) electrons. The molecular weight excluding hydrogens is 870 g/mol. The lowest BCUT2D eigenvalue weighted by atomic mass is 9.91. The Morgan fingerprint density at radius 2 is 1.70 bits per heavy atom. The Bertz CT molecular complexity index is 1830. The second kappa shape index (κ2) is 22.6. The second-order valence-corrected chi connectivity index (χ2v) is 18.0. The highest BCUT2D eigenvalue weighted by atomic mass is 35.5. The molecule has 4 N–H and O–H groups in total. The fourth-order valence-corrected chi connectivity index (χ4v) is 8.80. The number of alkyl halides is 3. The van der Waals surface area contributed by atoms with Crippen LogP contribution in [-0.2, 0) is 44.7 Å². The zero-order chi connectivity index (χ0) is 46.8. The zero-order valence-corrected chi connectivity index (χ0v) is 38.4. The molecule has 3 heterocycles. The van der Waals surface area contributed by atoms with E-state index in [1.165, 1.54) is 30.7 Å². The van der Waals surface area contributed by atoms with E-state index in [0.29, 0.717) is 41.3 Å². The van der Waals surface area contributed by atoms with Crippen molar-refractivity contribution in [2.75, 3.05) is 33.3 Å². The summed E-state index contributed by atoms with van der Waals surface area (Å²) >= 11 is 12.7. The van der Waals surface area contributed by atoms with Crippen LogP contribution in [0.25, 0.3) is 0 Å². The van der Waals surface area contributed by atoms with Crippen molar-refractivity contribution in [3.63, 3.8) is 0 Å². The molecule has 4 rings (SSSR count). The van der Waals surface area contributed by atoms with Crippen molar-refractivity contribution in [1.82, 2.24) is 36.0 Å². The Balaban J connectivity index is 1.63. The summed E-state index contributed by atoms with van der Waals surface area (Å²) in [4.78, 5) is 101. The number of nitrogens with zero attached hydrogens (tertiary/aromatic N) is 3. The van der Waals surface area contributed by atoms with Gasteiger partial charge in [-0.25, -0.2) is 0 Å². The minimum atomic E-state index is -5.01. The third kappa shape index (κ3) is 12.8. The van der Waals surface area contributed by atoms with E-state index in [0.717, 1.165) is 4.90 Å². The van der Waals surface area contributed by atoms with Gasteiger partial charge in [0.05, 0.1) is 0 Å². The molecule has 3 aliphatic heterocycles. The van der Waals surface area contributed by atoms with Gasteiger partial charge in [-0.1, -0.05) is 44.0 Å². The first kappa shape index (κ1) is 51.5. The van der Waals surface area contributed by atoms with Gasteiger partial charge in [-0.3, -0.25) is 33.6 Å². The van der Waals surface area contributed by atoms with E-state index < -0.39 is 95.8 Å². The third-order valence-corrected chi connectivity index (χ3v) is 12.5. The van der Waals surface area contributed by atoms with Crippen LogP contribution in [-0.4, -0.2) is 137 Å². The van der Waals surface area contributed by atoms with Gasteiger partial charge in [0.2, 0.25) is 41.0 Å². The van der Waals surface area contributed by atoms with Gasteiger partial charge in [0.15, 0.2) is 0 Å². The van der Waals surface area contributed by atoms with Gasteiger partial charge >= 0.3 is 6.18 Å². The number of carbonyl (C=O) groups is 7. The lowest BCUT2D eigenvalue weighted by molar-refractivity contribution is -0.281. The minimum Gasteiger partial charge on any atom is -0.357 e. The second-order valence-electron chi connectivity index (χ2n) is 17.2. The van der Waals surface area contributed by atoms with Crippen molar-refractivity contribution in [3.05, 3.63) is 33.8 Å². The fourth-order valence-electron chi connectivity index (χ4n) is 8.41. The minimum absolute atomic E-state index is 0.0518. The molecular formula is C43H62Cl2F3N7O8. The predicted molar refractivity (Wildman–Crippen MR) is 229 cm³/mol. The van der Waals surface area contributed by atoms with E-state index in [-0.39, 0.29) is 70.7 Å². The highest BCUT2D eigenvalue weighted by Crippen LogP contribution is 2.43. The molecule has 20 heteroatoms. The molecule has 352 valence electrons. The molecule has 3 aliphatic rings. The quantitative estimate of drug-likeness (QED) is 0.253. The van der Waals surface area contributed by atoms with E-state index in [1.54, 1.807) is 25.1 Å². The molecule has 1 aromatic rings. The van der Waals surface area contributed by atoms with Crippen molar-refractivity contribution >= 4 is 64.6 Å². The summed E-state index contributed by atoms with van der Waals surface area (Å²) in [5.41, 5.74) is -2.60. The van der Waals surface area contributed by atoms with Gasteiger partial charge < -0.3 is 40.7 Å². The molecule has 63 heavy (non-hydrogen) atoms. The van der Waals surface area contributed by atoms with Crippen molar-refractivity contribution < 1.29 is 51.5 Å². The van der Waals surface area contributed by atoms with E-state index in [9.17, 15) is 46.7 Å². The van der Waals surface area contributed by atoms with Gasteiger partial charge in [0, 0.05) is 49.8 Å². The van der Waals surface area contributed by atoms with Crippen molar-refractivity contribution in [1.29, 1.82) is 0 Å². The number of benzene rings is 1. The van der Waals surface area contributed by atoms with Crippen LogP contribution in [0.1, 0.15) is 104 Å². The maximum absolute atomic E-state index is 14.5. The Morgan fingerprint density at radius 1 is 0.984 bits per heavy atom. The Hall–Kier alpha value is -4.16. The first-order valence-corrected chi connectivity index (χ1v) is 22.6. The summed E-state index contributed by atoms with van der Waals surface area (Å²) < 4.78 is 48.4. The summed E-state index contributed by atoms with van der Waals surface area (Å²) in [5, 5.41) is 11.6. The largest absolute Gasteiger partial charge is 0.426 e. The standard InChI is InChI=1S/C43H62Cl2F3N7O8/c1-7-19-54(39(60)27(5)51-36(57)33-14-12-20-55(33)41(62)42(43(46,47)48)17-9-11-21-63-42)32-13-8-10-18-49-35(56)26(4)50-38(59)34(24-28-23-29(44)15-16-30(28)45)53(6)40(61)31(22-25(2)3)52-37(32)58/h15-16,23,25-27,31-34H,7-14,17-22,24H2,1-6H3,(H,49,56)(H,50,59)(H,51,57)(H,52,58)/t26-,27+,31+,32+,33+,34+,42?/m1/s1. The molecule has 0 spiro atoms. The number of likely N-dealkylation sites (N-methyl/N-ethyl adjacent to an activating group) is 1. The van der Waals surface area contributed by atoms with E-state index in [1.807, 2.05) is 13.8 Å². The van der Waals surface area contributed by atoms with Crippen LogP contribution >= 0.6 is 23.2 Å². The van der Waals surface area contributed by atoms with E-state index in [4.69, 9.17) is 27.9 Å². The van der Waals surface area contributed by atoms with Gasteiger partial charge in [-0.15, -0.1) is 0 Å². The van der Waals surface area contributed by atoms with Gasteiger partial charge in [0.25, 0.3) is 5.91 Å². The molecule has 15 nitrogen and oxygen atoms in total. The highest BCUT2D eigenvalue weighted by molar-refractivity contribution is 6.33. The first-order valence-electron chi connectivity index (χ1n) is 21.8. The lowest BCUT2D eigenvalue weighted by Gasteiger charge is -2.41. The highest BCUT2D eigenvalue weighted by Gasteiger charge is 2.64. The Labute approximate surface area is 377 Å². The van der Waals surface area contributed by atoms with Gasteiger partial charge in [-0.05, 0) is 108 Å². The van der Waals surface area contributed by atoms with Gasteiger partial charge in [0.1, 0.15) is 36.3 Å². The topological polar surface area (TPSA) is 187 Å². The molecule has 3 fully saturated rings. The van der Waals surface area contributed by atoms with Crippen LogP contribution in [0.5, 0.6) is 0 Å². The van der Waals surface area contributed by atoms with E-state index >= 15 is 0 Å². The normalized spacial score (nSPS) is 26.4. The number of hydrogen-bond donors (Lipinski definition) is 4. The van der Waals surface area contributed by atoms with Crippen molar-refractivity contribution in [2.45, 2.75) is 153 Å². The number of ether oxygens (including phenoxy) is 1. The summed E-state index contributed by atoms with van der Waals surface area (Å²) in [6.45, 7) is 8.28. The van der Waals surface area contributed by atoms with Gasteiger partial charge in [-0.2, -0.15) is 13.2 Å². The molecule has 0 saturated carbocycles. The SMILES string of the molecule is CCCN(C(=O)[C@H](C)NC(=O)[C@@H]1CCCN1C(=O)C1(C(F)(F)F)CCCCO1)[C@H]1CCCCNC(=O)[C@@H](C)NC(=O)[C@H](Cc2cc(Cl)ccc2Cl)N(C)C(=O)[C@H](CC(C)C)NC1=O. The average Bonchev–Trinajstić information content (AvgIpc) is 3.73. The van der Waals surface area contributed by atoms with Crippen LogP contribution in [0.4, 0.5) is 13.2 Å². The number of hydrogen-bond acceptors (Lipinski definition) is 8. The predicted octanol–water partition coefficient (Wildman–Crippen LogP) is 4.30. The smallest absolute Gasteiger partial charge is 0.357 e. The Kier molecular flexibility index (Phi) is 18.5. The van der Waals surface area contributed by atoms with E-state index in [2.05, 4.69) is 21.3 Å². The fraction of sp³-hybridized carbons (Fsp3) is 0.698. The third-order valence-electron chi connectivity index (χ3n) is 11.9. The molecule has 0 bridgehead atoms. The number of likely N-dealkylation sites (tertiary alicyclic amines) is 1. The molecule has 1 aromatic carbocycles. The number of nitrogens with one attached hydrogen (secondary N) is 4. The summed E-state index contributed by atoms with van der Waals surface area (Å²) in [6, 6.07) is -2.39. The van der Waals surface area contributed by atoms with Crippen LogP contribution in [0.2, 0.25) is 10.0 Å². The molecule has 1 unspecified atom stereocenters. The van der Waals surface area contributed by atoms with Crippen molar-refractivity contribution in [2.24, 2.45) is 5.92 Å². The molecule has 0 aromatic heterocycles. The van der Waals surface area contributed by atoms with Crippen LogP contribution in [0.15, 0.2) is 18.2 Å². The molecule has 0 aliphatic carbocycles. The molecule has 7 atom stereocenters. The lowest BCUT2D eigenvalue weighted by Crippen LogP contribution is -2.63. The monoisotopic (exact) mass is 931 g/mol. The average molecular weight is 933 g/mol. The van der Waals surface area contributed by atoms with Crippen LogP contribution in [0.3, 0.4) is 0 Å². The summed E-state index contributed by atoms with van der Waals surface area (Å²) in [7, 11) is 1.41. The molecule has 7 amide bonds. The number of rotatable bonds is 11. The first-order chi connectivity index (χ1) is 29.6. The van der Waals surface area contributed by atoms with Crippen LogP contribution < -0.4 is 21.3 Å². The maximum atomic E-state index is 14.5. The Morgan fingerprint density at radius 3 is 2.33 bits per heavy atom. The number of carbonyl (C=O) groups excluding carboxylic acids is 7. The molecule has 3 saturated heterocycles. The summed E-state index contributed by atoms with van der Waals surface area (Å²) in [5.74, 6) is -5.35. The summed E-state index contributed by atoms with van der Waals surface area (Å²) in [6.07, 6.45) is -3.51. The van der Waals surface area contributed by atoms with Crippen molar-refractivity contribution in [3.8, 4) is 0 Å². The maximum Gasteiger partial charge on any atom is 0.426 e. The zero-order valence-electron chi connectivity index (χ0n) is 36.9. The number of halogens is 5. The number of amides is 7.